The number of nitrogens with zero attached hydrogens (tertiary/aromatic N) is 2. The molecule has 0 radical (unpaired) electrons. The van der Waals surface area contributed by atoms with Crippen LogP contribution in [0.2, 0.25) is 0 Å². The lowest BCUT2D eigenvalue weighted by molar-refractivity contribution is -0.142. The van der Waals surface area contributed by atoms with Gasteiger partial charge in [0, 0.05) is 37.3 Å². The van der Waals surface area contributed by atoms with Gasteiger partial charge in [0.1, 0.15) is 17.9 Å². The van der Waals surface area contributed by atoms with Crippen molar-refractivity contribution in [2.45, 2.75) is 93.5 Å². The summed E-state index contributed by atoms with van der Waals surface area (Å²) >= 11 is 1.33. The first-order valence-corrected chi connectivity index (χ1v) is 17.5. The third-order valence-corrected chi connectivity index (χ3v) is 11.2. The molecule has 11 heteroatoms. The lowest BCUT2D eigenvalue weighted by Gasteiger charge is -2.27. The summed E-state index contributed by atoms with van der Waals surface area (Å²) in [6, 6.07) is 12.8. The molecule has 2 aromatic carbocycles. The van der Waals surface area contributed by atoms with Crippen LogP contribution in [0.4, 0.5) is 0 Å². The van der Waals surface area contributed by atoms with Crippen molar-refractivity contribution in [2.75, 3.05) is 12.3 Å². The average Bonchev–Trinajstić information content (AvgIpc) is 3.41. The molecule has 232 valence electrons. The van der Waals surface area contributed by atoms with Crippen molar-refractivity contribution in [2.24, 2.45) is 4.99 Å². The topological polar surface area (TPSA) is 133 Å². The van der Waals surface area contributed by atoms with Crippen molar-refractivity contribution >= 4 is 45.2 Å². The molecule has 9 nitrogen and oxygen atoms in total. The van der Waals surface area contributed by atoms with E-state index in [9.17, 15) is 27.9 Å². The van der Waals surface area contributed by atoms with Crippen LogP contribution in [0.1, 0.15) is 69.4 Å². The molecular formula is C32H41N3O6S2. The largest absolute Gasteiger partial charge is 0.480 e. The molecule has 0 aliphatic carbocycles. The Hall–Kier alpha value is -3.02. The van der Waals surface area contributed by atoms with Gasteiger partial charge in [-0.2, -0.15) is 4.31 Å². The van der Waals surface area contributed by atoms with Gasteiger partial charge in [0.15, 0.2) is 0 Å². The first kappa shape index (κ1) is 32.9. The second-order valence-corrected chi connectivity index (χ2v) is 14.4. The lowest BCUT2D eigenvalue weighted by atomic mass is 9.99. The maximum Gasteiger partial charge on any atom is 0.326 e. The Bertz CT molecular complexity index is 1400. The minimum Gasteiger partial charge on any atom is -0.480 e. The van der Waals surface area contributed by atoms with Gasteiger partial charge in [0.05, 0.1) is 10.3 Å². The Morgan fingerprint density at radius 2 is 1.74 bits per heavy atom. The lowest BCUT2D eigenvalue weighted by Crippen LogP contribution is -2.53. The molecule has 1 unspecified atom stereocenters. The van der Waals surface area contributed by atoms with Gasteiger partial charge >= 0.3 is 5.97 Å². The number of aliphatic carboxylic acids is 1. The third-order valence-electron chi connectivity index (χ3n) is 7.89. The zero-order valence-electron chi connectivity index (χ0n) is 24.6. The van der Waals surface area contributed by atoms with E-state index in [1.807, 2.05) is 12.1 Å². The first-order valence-electron chi connectivity index (χ1n) is 15.0. The van der Waals surface area contributed by atoms with Crippen molar-refractivity contribution < 1.29 is 27.9 Å². The van der Waals surface area contributed by atoms with E-state index in [2.05, 4.69) is 10.3 Å². The Morgan fingerprint density at radius 1 is 1.02 bits per heavy atom. The molecule has 1 fully saturated rings. The van der Waals surface area contributed by atoms with E-state index in [0.29, 0.717) is 18.4 Å². The highest BCUT2D eigenvalue weighted by Gasteiger charge is 2.45. The number of carboxylic acid groups (broad SMARTS) is 1. The smallest absolute Gasteiger partial charge is 0.326 e. The zero-order chi connectivity index (χ0) is 30.8. The van der Waals surface area contributed by atoms with E-state index in [1.54, 1.807) is 37.3 Å². The number of ketones is 1. The fourth-order valence-corrected chi connectivity index (χ4v) is 8.83. The van der Waals surface area contributed by atoms with Crippen molar-refractivity contribution in [3.05, 3.63) is 65.7 Å². The Labute approximate surface area is 258 Å². The normalized spacial score (nSPS) is 19.9. The molecular weight excluding hydrogens is 587 g/mol. The average molecular weight is 628 g/mol. The van der Waals surface area contributed by atoms with E-state index >= 15 is 0 Å². The van der Waals surface area contributed by atoms with Gasteiger partial charge in [0.25, 0.3) is 0 Å². The van der Waals surface area contributed by atoms with Crippen LogP contribution in [0, 0.1) is 0 Å². The molecule has 43 heavy (non-hydrogen) atoms. The summed E-state index contributed by atoms with van der Waals surface area (Å²) in [5, 5.41) is 11.9. The number of carbonyl (C=O) groups excluding carboxylic acids is 2. The van der Waals surface area contributed by atoms with E-state index < -0.39 is 39.4 Å². The van der Waals surface area contributed by atoms with Gasteiger partial charge in [-0.05, 0) is 68.7 Å². The zero-order valence-corrected chi connectivity index (χ0v) is 26.2. The highest BCUT2D eigenvalue weighted by Crippen LogP contribution is 2.34. The van der Waals surface area contributed by atoms with Crippen molar-refractivity contribution in [1.29, 1.82) is 0 Å². The van der Waals surface area contributed by atoms with Crippen molar-refractivity contribution in [3.8, 4) is 0 Å². The predicted octanol–water partition coefficient (Wildman–Crippen LogP) is 4.64. The van der Waals surface area contributed by atoms with Gasteiger partial charge in [-0.15, -0.1) is 11.8 Å². The van der Waals surface area contributed by atoms with Crippen LogP contribution >= 0.6 is 11.8 Å². The summed E-state index contributed by atoms with van der Waals surface area (Å²) in [6.07, 6.45) is 8.43. The number of benzene rings is 2. The molecule has 0 spiro atoms. The number of hydrogen-bond donors (Lipinski definition) is 2. The Balaban J connectivity index is 1.27. The number of nitrogens with one attached hydrogen (secondary N) is 1. The number of hydrogen-bond acceptors (Lipinski definition) is 7. The van der Waals surface area contributed by atoms with Gasteiger partial charge in [-0.3, -0.25) is 14.6 Å². The van der Waals surface area contributed by atoms with E-state index in [4.69, 9.17) is 0 Å². The number of aliphatic imine (C=N–C) groups is 1. The molecule has 2 aliphatic rings. The SMILES string of the molecule is CC1SC[C@@H](C(=O)N[C@@H](Cc2ccc(CC(=O)CCCCCC3=NCCCC3)cc2)C(=O)O)N1S(=O)(=O)c1ccccc1. The monoisotopic (exact) mass is 627 g/mol. The van der Waals surface area contributed by atoms with E-state index in [0.717, 1.165) is 44.2 Å². The minimum atomic E-state index is -3.95. The van der Waals surface area contributed by atoms with Crippen LogP contribution in [0.15, 0.2) is 64.5 Å². The van der Waals surface area contributed by atoms with E-state index in [1.165, 1.54) is 46.8 Å². The number of carbonyl (C=O) groups is 3. The Morgan fingerprint density at radius 3 is 2.42 bits per heavy atom. The fourth-order valence-electron chi connectivity index (χ4n) is 5.50. The molecule has 3 atom stereocenters. The highest BCUT2D eigenvalue weighted by molar-refractivity contribution is 8.01. The van der Waals surface area contributed by atoms with Crippen LogP contribution < -0.4 is 5.32 Å². The molecule has 2 heterocycles. The quantitative estimate of drug-likeness (QED) is 0.275. The number of thioether (sulfide) groups is 1. The predicted molar refractivity (Wildman–Crippen MR) is 169 cm³/mol. The van der Waals surface area contributed by atoms with Gasteiger partial charge in [-0.1, -0.05) is 48.9 Å². The number of Topliss-reactive ketones (excluding diaryl/α,β-unsaturated/α-hetero) is 1. The fraction of sp³-hybridized carbons (Fsp3) is 0.500. The minimum absolute atomic E-state index is 0.0292. The van der Waals surface area contributed by atoms with E-state index in [-0.39, 0.29) is 22.9 Å². The summed E-state index contributed by atoms with van der Waals surface area (Å²) < 4.78 is 27.8. The van der Waals surface area contributed by atoms with Crippen molar-refractivity contribution in [1.82, 2.24) is 9.62 Å². The summed E-state index contributed by atoms with van der Waals surface area (Å²) in [6.45, 7) is 2.67. The second-order valence-electron chi connectivity index (χ2n) is 11.2. The molecule has 2 aromatic rings. The summed E-state index contributed by atoms with van der Waals surface area (Å²) in [5.74, 6) is -1.45. The standard InChI is InChI=1S/C32H41N3O6S2/c1-23-35(43(40,41)28-13-6-3-7-14-28)30(22-42-23)31(37)34-29(32(38)39)21-25-17-15-24(16-18-25)20-27(36)12-5-2-4-10-26-11-8-9-19-33-26/h3,6-7,13-18,23,29-30H,2,4-5,8-12,19-22H2,1H3,(H,34,37)(H,38,39)/t23?,29-,30-/m0/s1. The third kappa shape index (κ3) is 9.23. The summed E-state index contributed by atoms with van der Waals surface area (Å²) in [7, 11) is -3.95. The maximum atomic E-state index is 13.3. The van der Waals surface area contributed by atoms with Crippen LogP contribution in [0.3, 0.4) is 0 Å². The molecule has 0 bridgehead atoms. The van der Waals surface area contributed by atoms with Gasteiger partial charge < -0.3 is 10.4 Å². The molecule has 2 N–H and O–H groups in total. The molecule has 4 rings (SSSR count). The Kier molecular flexibility index (Phi) is 12.0. The highest BCUT2D eigenvalue weighted by atomic mass is 32.2. The maximum absolute atomic E-state index is 13.3. The number of rotatable bonds is 15. The van der Waals surface area contributed by atoms with Crippen molar-refractivity contribution in [3.63, 3.8) is 0 Å². The number of carboxylic acids is 1. The number of amides is 1. The number of unbranched alkanes of at least 4 members (excludes halogenated alkanes) is 2. The molecule has 0 aromatic heterocycles. The molecule has 2 aliphatic heterocycles. The summed E-state index contributed by atoms with van der Waals surface area (Å²) in [4.78, 5) is 42.4. The molecule has 1 amide bonds. The van der Waals surface area contributed by atoms with Gasteiger partial charge in [-0.25, -0.2) is 13.2 Å². The summed E-state index contributed by atoms with van der Waals surface area (Å²) in [5.41, 5.74) is 2.88. The van der Waals surface area contributed by atoms with Gasteiger partial charge in [0.2, 0.25) is 15.9 Å². The number of sulfonamides is 1. The van der Waals surface area contributed by atoms with Crippen LogP contribution in [0.25, 0.3) is 0 Å². The van der Waals surface area contributed by atoms with Crippen LogP contribution in [-0.4, -0.2) is 71.0 Å². The van der Waals surface area contributed by atoms with Crippen LogP contribution in [-0.2, 0) is 37.2 Å². The molecule has 1 saturated heterocycles. The second kappa shape index (κ2) is 15.6. The first-order chi connectivity index (χ1) is 20.6. The molecule has 0 saturated carbocycles. The van der Waals surface area contributed by atoms with Crippen LogP contribution in [0.5, 0.6) is 0 Å².